The Hall–Kier alpha value is -1.68. The van der Waals surface area contributed by atoms with Gasteiger partial charge in [-0.3, -0.25) is 0 Å². The van der Waals surface area contributed by atoms with Gasteiger partial charge in [-0.15, -0.1) is 0 Å². The van der Waals surface area contributed by atoms with Crippen molar-refractivity contribution in [2.75, 3.05) is 6.54 Å². The van der Waals surface area contributed by atoms with Crippen LogP contribution in [-0.2, 0) is 0 Å². The fourth-order valence-electron chi connectivity index (χ4n) is 1.43. The van der Waals surface area contributed by atoms with Gasteiger partial charge in [-0.1, -0.05) is 0 Å². The Labute approximate surface area is 82.2 Å². The number of H-pyrrole nitrogens is 1. The summed E-state index contributed by atoms with van der Waals surface area (Å²) >= 11 is 0. The zero-order valence-electron chi connectivity index (χ0n) is 7.72. The van der Waals surface area contributed by atoms with Gasteiger partial charge in [-0.25, -0.2) is 9.97 Å². The summed E-state index contributed by atoms with van der Waals surface area (Å²) in [5.74, 6) is 0.858. The molecule has 14 heavy (non-hydrogen) atoms. The molecule has 0 radical (unpaired) electrons. The summed E-state index contributed by atoms with van der Waals surface area (Å²) in [6.07, 6.45) is 7.27. The average Bonchev–Trinajstić information content (AvgIpc) is 2.74. The molecule has 0 saturated carbocycles. The highest BCUT2D eigenvalue weighted by atomic mass is 14.9. The molecule has 0 aliphatic carbocycles. The molecule has 0 fully saturated rings. The molecule has 1 unspecified atom stereocenters. The molecule has 1 atom stereocenters. The van der Waals surface area contributed by atoms with E-state index < -0.39 is 0 Å². The quantitative estimate of drug-likeness (QED) is 0.751. The highest BCUT2D eigenvalue weighted by molar-refractivity contribution is 5.22. The number of aromatic amines is 1. The predicted octanol–water partition coefficient (Wildman–Crippen LogP) is 0.895. The second-order valence-corrected chi connectivity index (χ2v) is 3.04. The fraction of sp³-hybridized carbons (Fsp3) is 0.200. The van der Waals surface area contributed by atoms with E-state index in [0.29, 0.717) is 6.54 Å². The number of nitrogens with one attached hydrogen (secondary N) is 1. The van der Waals surface area contributed by atoms with Crippen molar-refractivity contribution < 1.29 is 0 Å². The number of aromatic nitrogens is 3. The summed E-state index contributed by atoms with van der Waals surface area (Å²) in [4.78, 5) is 11.4. The van der Waals surface area contributed by atoms with Crippen molar-refractivity contribution in [1.82, 2.24) is 15.0 Å². The minimum atomic E-state index is 0.0856. The molecule has 0 aliphatic rings. The van der Waals surface area contributed by atoms with Crippen molar-refractivity contribution in [2.24, 2.45) is 5.73 Å². The van der Waals surface area contributed by atoms with Crippen LogP contribution in [0.5, 0.6) is 0 Å². The molecule has 4 heteroatoms. The highest BCUT2D eigenvalue weighted by Gasteiger charge is 2.14. The van der Waals surface area contributed by atoms with E-state index >= 15 is 0 Å². The van der Waals surface area contributed by atoms with Gasteiger partial charge < -0.3 is 10.7 Å². The molecule has 2 aromatic rings. The summed E-state index contributed by atoms with van der Waals surface area (Å²) in [7, 11) is 0. The van der Waals surface area contributed by atoms with E-state index in [1.54, 1.807) is 18.5 Å². The third-order valence-electron chi connectivity index (χ3n) is 2.16. The van der Waals surface area contributed by atoms with E-state index in [1.807, 2.05) is 18.5 Å². The van der Waals surface area contributed by atoms with Gasteiger partial charge in [0.25, 0.3) is 0 Å². The van der Waals surface area contributed by atoms with Crippen LogP contribution in [0.2, 0.25) is 0 Å². The molecule has 0 saturated heterocycles. The van der Waals surface area contributed by atoms with Gasteiger partial charge in [-0.05, 0) is 17.7 Å². The molecule has 0 amide bonds. The molecule has 3 N–H and O–H groups in total. The van der Waals surface area contributed by atoms with E-state index in [0.717, 1.165) is 11.4 Å². The lowest BCUT2D eigenvalue weighted by Crippen LogP contribution is -2.15. The first-order valence-electron chi connectivity index (χ1n) is 4.51. The minimum Gasteiger partial charge on any atom is -0.367 e. The zero-order valence-corrected chi connectivity index (χ0v) is 7.72. The van der Waals surface area contributed by atoms with Crippen LogP contribution < -0.4 is 5.73 Å². The summed E-state index contributed by atoms with van der Waals surface area (Å²) < 4.78 is 0. The molecule has 0 spiro atoms. The third kappa shape index (κ3) is 1.65. The Morgan fingerprint density at radius 3 is 2.71 bits per heavy atom. The first-order chi connectivity index (χ1) is 6.92. The number of hydrogen-bond acceptors (Lipinski definition) is 3. The van der Waals surface area contributed by atoms with Gasteiger partial charge in [0.1, 0.15) is 5.82 Å². The molecule has 72 valence electrons. The minimum absolute atomic E-state index is 0.0856. The lowest BCUT2D eigenvalue weighted by atomic mass is 10.0. The van der Waals surface area contributed by atoms with Gasteiger partial charge in [0, 0.05) is 31.3 Å². The maximum absolute atomic E-state index is 5.70. The van der Waals surface area contributed by atoms with Crippen LogP contribution in [0.25, 0.3) is 0 Å². The molecule has 4 nitrogen and oxygen atoms in total. The van der Waals surface area contributed by atoms with Gasteiger partial charge in [0.05, 0.1) is 5.92 Å². The number of rotatable bonds is 3. The molecule has 2 rings (SSSR count). The van der Waals surface area contributed by atoms with Crippen molar-refractivity contribution in [2.45, 2.75) is 5.92 Å². The molecule has 0 bridgehead atoms. The Morgan fingerprint density at radius 1 is 1.36 bits per heavy atom. The smallest absolute Gasteiger partial charge is 0.136 e. The second-order valence-electron chi connectivity index (χ2n) is 3.04. The van der Waals surface area contributed by atoms with Crippen molar-refractivity contribution in [3.63, 3.8) is 0 Å². The lowest BCUT2D eigenvalue weighted by molar-refractivity contribution is 0.750. The van der Waals surface area contributed by atoms with Crippen LogP contribution in [0.4, 0.5) is 0 Å². The largest absolute Gasteiger partial charge is 0.367 e. The van der Waals surface area contributed by atoms with Gasteiger partial charge in [-0.2, -0.15) is 0 Å². The first-order valence-corrected chi connectivity index (χ1v) is 4.51. The average molecular weight is 188 g/mol. The monoisotopic (exact) mass is 188 g/mol. The first kappa shape index (κ1) is 8.90. The van der Waals surface area contributed by atoms with Crippen LogP contribution >= 0.6 is 0 Å². The Kier molecular flexibility index (Phi) is 2.55. The molecule has 0 aromatic carbocycles. The Morgan fingerprint density at radius 2 is 2.14 bits per heavy atom. The Balaban J connectivity index is 2.31. The van der Waals surface area contributed by atoms with Crippen LogP contribution in [0.3, 0.4) is 0 Å². The van der Waals surface area contributed by atoms with E-state index in [-0.39, 0.29) is 5.92 Å². The van der Waals surface area contributed by atoms with Gasteiger partial charge in [0.2, 0.25) is 0 Å². The molecule has 0 aliphatic heterocycles. The van der Waals surface area contributed by atoms with Crippen molar-refractivity contribution in [1.29, 1.82) is 0 Å². The van der Waals surface area contributed by atoms with Crippen LogP contribution in [0.1, 0.15) is 17.3 Å². The maximum atomic E-state index is 5.70. The normalized spacial score (nSPS) is 12.6. The molecule has 2 aromatic heterocycles. The second kappa shape index (κ2) is 4.02. The van der Waals surface area contributed by atoms with E-state index in [2.05, 4.69) is 15.0 Å². The predicted molar refractivity (Wildman–Crippen MR) is 53.7 cm³/mol. The Bertz CT molecular complexity index is 368. The summed E-state index contributed by atoms with van der Waals surface area (Å²) in [5.41, 5.74) is 6.83. The van der Waals surface area contributed by atoms with Crippen LogP contribution in [0, 0.1) is 0 Å². The maximum Gasteiger partial charge on any atom is 0.136 e. The molecule has 2 heterocycles. The highest BCUT2D eigenvalue weighted by Crippen LogP contribution is 2.18. The lowest BCUT2D eigenvalue weighted by Gasteiger charge is -2.10. The third-order valence-corrected chi connectivity index (χ3v) is 2.16. The molecular formula is C10H12N4. The SMILES string of the molecule is NCC(c1cc[nH]c1)c1ncccn1. The van der Waals surface area contributed by atoms with Crippen LogP contribution in [0.15, 0.2) is 36.9 Å². The van der Waals surface area contributed by atoms with Crippen molar-refractivity contribution in [3.8, 4) is 0 Å². The summed E-state index contributed by atoms with van der Waals surface area (Å²) in [6.45, 7) is 0.516. The van der Waals surface area contributed by atoms with E-state index in [1.165, 1.54) is 0 Å². The van der Waals surface area contributed by atoms with Gasteiger partial charge >= 0.3 is 0 Å². The van der Waals surface area contributed by atoms with E-state index in [4.69, 9.17) is 5.73 Å². The summed E-state index contributed by atoms with van der Waals surface area (Å²) in [6, 6.07) is 3.79. The number of nitrogens with zero attached hydrogens (tertiary/aromatic N) is 2. The number of hydrogen-bond donors (Lipinski definition) is 2. The van der Waals surface area contributed by atoms with E-state index in [9.17, 15) is 0 Å². The zero-order chi connectivity index (χ0) is 9.80. The number of nitrogens with two attached hydrogens (primary N) is 1. The topological polar surface area (TPSA) is 67.6 Å². The standard InChI is InChI=1S/C10H12N4/c11-6-9(8-2-5-12-7-8)10-13-3-1-4-14-10/h1-5,7,9,12H,6,11H2. The van der Waals surface area contributed by atoms with Crippen LogP contribution in [-0.4, -0.2) is 21.5 Å². The van der Waals surface area contributed by atoms with Crippen molar-refractivity contribution >= 4 is 0 Å². The fourth-order valence-corrected chi connectivity index (χ4v) is 1.43. The summed E-state index contributed by atoms with van der Waals surface area (Å²) in [5, 5.41) is 0. The molecular weight excluding hydrogens is 176 g/mol. The van der Waals surface area contributed by atoms with Crippen molar-refractivity contribution in [3.05, 3.63) is 48.3 Å². The van der Waals surface area contributed by atoms with Gasteiger partial charge in [0.15, 0.2) is 0 Å².